The third kappa shape index (κ3) is 3.61. The quantitative estimate of drug-likeness (QED) is 0.809. The summed E-state index contributed by atoms with van der Waals surface area (Å²) in [5.74, 6) is -0.425. The number of aryl methyl sites for hydroxylation is 1. The van der Waals surface area contributed by atoms with Crippen LogP contribution in [0.5, 0.6) is 0 Å². The largest absolute Gasteiger partial charge is 0.306 e. The molecule has 2 aliphatic heterocycles. The van der Waals surface area contributed by atoms with Crippen LogP contribution >= 0.6 is 0 Å². The number of benzene rings is 2. The molecule has 7 heteroatoms. The Bertz CT molecular complexity index is 958. The molecule has 2 fully saturated rings. The van der Waals surface area contributed by atoms with E-state index in [-0.39, 0.29) is 35.8 Å². The maximum Gasteiger partial charge on any atom is 0.241 e. The topological polar surface area (TPSA) is 57.7 Å². The summed E-state index contributed by atoms with van der Waals surface area (Å²) in [5.41, 5.74) is 2.67. The Balaban J connectivity index is 1.65. The molecule has 0 bridgehead atoms. The molecule has 2 aliphatic rings. The van der Waals surface area contributed by atoms with E-state index >= 15 is 0 Å². The van der Waals surface area contributed by atoms with Crippen molar-refractivity contribution in [1.82, 2.24) is 4.90 Å². The van der Waals surface area contributed by atoms with Crippen LogP contribution in [-0.4, -0.2) is 49.4 Å². The highest BCUT2D eigenvalue weighted by molar-refractivity contribution is 7.91. The minimum atomic E-state index is -3.23. The van der Waals surface area contributed by atoms with Gasteiger partial charge in [-0.15, -0.1) is 0 Å². The van der Waals surface area contributed by atoms with Crippen LogP contribution in [0.3, 0.4) is 0 Å². The highest BCUT2D eigenvalue weighted by Gasteiger charge is 2.49. The van der Waals surface area contributed by atoms with Crippen molar-refractivity contribution >= 4 is 21.4 Å². The first-order valence-corrected chi connectivity index (χ1v) is 10.7. The molecule has 142 valence electrons. The van der Waals surface area contributed by atoms with Crippen molar-refractivity contribution in [2.45, 2.75) is 25.6 Å². The van der Waals surface area contributed by atoms with Gasteiger partial charge in [-0.1, -0.05) is 29.8 Å². The van der Waals surface area contributed by atoms with E-state index in [1.54, 1.807) is 17.0 Å². The number of hydrogen-bond donors (Lipinski definition) is 0. The van der Waals surface area contributed by atoms with Crippen molar-refractivity contribution in [3.63, 3.8) is 0 Å². The van der Waals surface area contributed by atoms with E-state index in [2.05, 4.69) is 0 Å². The van der Waals surface area contributed by atoms with Crippen LogP contribution < -0.4 is 4.90 Å². The summed E-state index contributed by atoms with van der Waals surface area (Å²) < 4.78 is 37.9. The Morgan fingerprint density at radius 3 is 2.30 bits per heavy atom. The highest BCUT2D eigenvalue weighted by atomic mass is 32.2. The Morgan fingerprint density at radius 1 is 1.00 bits per heavy atom. The number of fused-ring (bicyclic) bond motifs is 1. The molecule has 0 N–H and O–H groups in total. The Morgan fingerprint density at radius 2 is 1.63 bits per heavy atom. The van der Waals surface area contributed by atoms with Gasteiger partial charge in [0.2, 0.25) is 5.91 Å². The van der Waals surface area contributed by atoms with Gasteiger partial charge in [0.15, 0.2) is 9.84 Å². The minimum absolute atomic E-state index is 0.0306. The third-order valence-corrected chi connectivity index (χ3v) is 7.01. The fourth-order valence-corrected chi connectivity index (χ4v) is 5.98. The maximum atomic E-state index is 13.2. The monoisotopic (exact) mass is 388 g/mol. The van der Waals surface area contributed by atoms with Crippen molar-refractivity contribution in [2.75, 3.05) is 23.0 Å². The van der Waals surface area contributed by atoms with Gasteiger partial charge in [-0.05, 0) is 36.8 Å². The standard InChI is InChI=1S/C20H21FN2O3S/c1-14-2-8-17(9-3-14)23-19-13-27(25,26)12-18(19)22(11-20(23)24)10-15-4-6-16(21)7-5-15/h2-9,18-19H,10-13H2,1H3/t18-,19-/m1/s1. The Kier molecular flexibility index (Phi) is 4.52. The molecule has 2 heterocycles. The van der Waals surface area contributed by atoms with Crippen LogP contribution in [0.4, 0.5) is 10.1 Å². The molecule has 1 amide bonds. The summed E-state index contributed by atoms with van der Waals surface area (Å²) in [6, 6.07) is 13.0. The van der Waals surface area contributed by atoms with Gasteiger partial charge in [-0.2, -0.15) is 0 Å². The van der Waals surface area contributed by atoms with Crippen molar-refractivity contribution in [2.24, 2.45) is 0 Å². The van der Waals surface area contributed by atoms with Crippen molar-refractivity contribution < 1.29 is 17.6 Å². The van der Waals surface area contributed by atoms with Crippen LogP contribution in [0.25, 0.3) is 0 Å². The van der Waals surface area contributed by atoms with Crippen molar-refractivity contribution in [3.05, 3.63) is 65.5 Å². The van der Waals surface area contributed by atoms with Crippen LogP contribution in [-0.2, 0) is 21.2 Å². The first-order valence-electron chi connectivity index (χ1n) is 8.90. The number of sulfone groups is 1. The van der Waals surface area contributed by atoms with Crippen LogP contribution in [0.1, 0.15) is 11.1 Å². The number of hydrogen-bond acceptors (Lipinski definition) is 4. The maximum absolute atomic E-state index is 13.2. The van der Waals surface area contributed by atoms with Gasteiger partial charge >= 0.3 is 0 Å². The summed E-state index contributed by atoms with van der Waals surface area (Å²) in [5, 5.41) is 0. The molecule has 2 aromatic rings. The molecule has 4 rings (SSSR count). The molecule has 5 nitrogen and oxygen atoms in total. The molecule has 0 saturated carbocycles. The van der Waals surface area contributed by atoms with Gasteiger partial charge in [0.25, 0.3) is 0 Å². The predicted octanol–water partition coefficient (Wildman–Crippen LogP) is 2.15. The van der Waals surface area contributed by atoms with E-state index in [1.165, 1.54) is 12.1 Å². The summed E-state index contributed by atoms with van der Waals surface area (Å²) in [7, 11) is -3.23. The number of carbonyl (C=O) groups is 1. The number of amides is 1. The second-order valence-electron chi connectivity index (χ2n) is 7.34. The summed E-state index contributed by atoms with van der Waals surface area (Å²) in [6.07, 6.45) is 0. The van der Waals surface area contributed by atoms with E-state index in [9.17, 15) is 17.6 Å². The number of nitrogens with zero attached hydrogens (tertiary/aromatic N) is 2. The van der Waals surface area contributed by atoms with Gasteiger partial charge in [0.05, 0.1) is 24.1 Å². The molecule has 27 heavy (non-hydrogen) atoms. The van der Waals surface area contributed by atoms with Gasteiger partial charge < -0.3 is 4.90 Å². The van der Waals surface area contributed by atoms with Crippen LogP contribution in [0.2, 0.25) is 0 Å². The van der Waals surface area contributed by atoms with Gasteiger partial charge in [-0.3, -0.25) is 9.69 Å². The lowest BCUT2D eigenvalue weighted by Gasteiger charge is -2.43. The number of halogens is 1. The lowest BCUT2D eigenvalue weighted by atomic mass is 10.0. The molecule has 0 radical (unpaired) electrons. The number of piperazine rings is 1. The first-order chi connectivity index (χ1) is 12.8. The van der Waals surface area contributed by atoms with E-state index in [0.29, 0.717) is 6.54 Å². The molecule has 2 atom stereocenters. The summed E-state index contributed by atoms with van der Waals surface area (Å²) in [6.45, 7) is 2.53. The fourth-order valence-electron chi connectivity index (χ4n) is 4.00. The molecular weight excluding hydrogens is 367 g/mol. The first kappa shape index (κ1) is 18.1. The number of rotatable bonds is 3. The molecule has 0 aromatic heterocycles. The normalized spacial score (nSPS) is 24.8. The molecule has 2 saturated heterocycles. The van der Waals surface area contributed by atoms with Crippen molar-refractivity contribution in [3.8, 4) is 0 Å². The second kappa shape index (κ2) is 6.73. The zero-order chi connectivity index (χ0) is 19.2. The molecule has 2 aromatic carbocycles. The van der Waals surface area contributed by atoms with Gasteiger partial charge in [0.1, 0.15) is 5.82 Å². The number of anilines is 1. The lowest BCUT2D eigenvalue weighted by Crippen LogP contribution is -2.61. The average Bonchev–Trinajstić information content (AvgIpc) is 2.93. The SMILES string of the molecule is Cc1ccc(N2C(=O)CN(Cc3ccc(F)cc3)[C@@H]3CS(=O)(=O)C[C@H]32)cc1. The third-order valence-electron chi connectivity index (χ3n) is 5.31. The Hall–Kier alpha value is -2.25. The smallest absolute Gasteiger partial charge is 0.241 e. The van der Waals surface area contributed by atoms with Crippen molar-refractivity contribution in [1.29, 1.82) is 0 Å². The van der Waals surface area contributed by atoms with E-state index in [0.717, 1.165) is 16.8 Å². The lowest BCUT2D eigenvalue weighted by molar-refractivity contribution is -0.123. The molecule has 0 unspecified atom stereocenters. The highest BCUT2D eigenvalue weighted by Crippen LogP contribution is 2.32. The van der Waals surface area contributed by atoms with E-state index in [4.69, 9.17) is 0 Å². The van der Waals surface area contributed by atoms with E-state index < -0.39 is 15.9 Å². The van der Waals surface area contributed by atoms with Gasteiger partial charge in [0, 0.05) is 18.3 Å². The minimum Gasteiger partial charge on any atom is -0.306 e. The average molecular weight is 388 g/mol. The van der Waals surface area contributed by atoms with Gasteiger partial charge in [-0.25, -0.2) is 12.8 Å². The fraction of sp³-hybridized carbons (Fsp3) is 0.350. The van der Waals surface area contributed by atoms with Crippen LogP contribution in [0.15, 0.2) is 48.5 Å². The number of carbonyl (C=O) groups excluding carboxylic acids is 1. The summed E-state index contributed by atoms with van der Waals surface area (Å²) in [4.78, 5) is 16.5. The Labute approximate surface area is 158 Å². The second-order valence-corrected chi connectivity index (χ2v) is 9.50. The van der Waals surface area contributed by atoms with Crippen LogP contribution in [0, 0.1) is 12.7 Å². The molecule has 0 aliphatic carbocycles. The molecular formula is C20H21FN2O3S. The van der Waals surface area contributed by atoms with E-state index in [1.807, 2.05) is 36.1 Å². The zero-order valence-corrected chi connectivity index (χ0v) is 15.8. The predicted molar refractivity (Wildman–Crippen MR) is 102 cm³/mol. The summed E-state index contributed by atoms with van der Waals surface area (Å²) >= 11 is 0. The zero-order valence-electron chi connectivity index (χ0n) is 15.0. The molecule has 0 spiro atoms.